The molecule has 8 heteroatoms. The summed E-state index contributed by atoms with van der Waals surface area (Å²) in [5.41, 5.74) is 2.15. The average Bonchev–Trinajstić information content (AvgIpc) is 3.24. The predicted molar refractivity (Wildman–Crippen MR) is 87.0 cm³/mol. The lowest BCUT2D eigenvalue weighted by Gasteiger charge is -2.24. The molecule has 0 saturated heterocycles. The average molecular weight is 328 g/mol. The Morgan fingerprint density at radius 3 is 2.78 bits per heavy atom. The highest BCUT2D eigenvalue weighted by molar-refractivity contribution is 7.09. The molecule has 1 amide bonds. The minimum absolute atomic E-state index is 0.106. The van der Waals surface area contributed by atoms with Gasteiger partial charge in [0.1, 0.15) is 5.01 Å². The number of aromatic amines is 1. The molecule has 2 aromatic heterocycles. The Kier molecular flexibility index (Phi) is 4.16. The number of benzene rings is 1. The number of thiazole rings is 1. The molecule has 3 rings (SSSR count). The first kappa shape index (κ1) is 15.3. The summed E-state index contributed by atoms with van der Waals surface area (Å²) in [5, 5.41) is 16.8. The van der Waals surface area contributed by atoms with E-state index in [1.165, 1.54) is 0 Å². The van der Waals surface area contributed by atoms with Crippen molar-refractivity contribution >= 4 is 17.2 Å². The van der Waals surface area contributed by atoms with Crippen LogP contribution in [0.3, 0.4) is 0 Å². The molecule has 0 unspecified atom stereocenters. The summed E-state index contributed by atoms with van der Waals surface area (Å²) in [6.07, 6.45) is 0. The molecule has 1 aromatic carbocycles. The molecule has 118 valence electrons. The van der Waals surface area contributed by atoms with Gasteiger partial charge in [-0.1, -0.05) is 18.2 Å². The SMILES string of the molecule is Cc1csc([C@@H](C)N(C)C(=O)c2ccccc2-c2nn[nH]n2)n1. The topological polar surface area (TPSA) is 87.7 Å². The minimum Gasteiger partial charge on any atom is -0.332 e. The van der Waals surface area contributed by atoms with Crippen LogP contribution in [-0.2, 0) is 0 Å². The molecule has 3 aromatic rings. The summed E-state index contributed by atoms with van der Waals surface area (Å²) >= 11 is 1.56. The number of nitrogens with zero attached hydrogens (tertiary/aromatic N) is 5. The number of rotatable bonds is 4. The minimum atomic E-state index is -0.112. The van der Waals surface area contributed by atoms with E-state index in [1.54, 1.807) is 29.4 Å². The molecule has 1 atom stereocenters. The third kappa shape index (κ3) is 2.98. The Labute approximate surface area is 137 Å². The Morgan fingerprint density at radius 2 is 2.13 bits per heavy atom. The maximum Gasteiger partial charge on any atom is 0.254 e. The van der Waals surface area contributed by atoms with Gasteiger partial charge in [0.05, 0.1) is 11.6 Å². The van der Waals surface area contributed by atoms with Crippen LogP contribution in [0.2, 0.25) is 0 Å². The summed E-state index contributed by atoms with van der Waals surface area (Å²) < 4.78 is 0. The predicted octanol–water partition coefficient (Wildman–Crippen LogP) is 2.46. The van der Waals surface area contributed by atoms with Crippen molar-refractivity contribution in [2.45, 2.75) is 19.9 Å². The van der Waals surface area contributed by atoms with Gasteiger partial charge in [-0.05, 0) is 25.1 Å². The number of H-pyrrole nitrogens is 1. The van der Waals surface area contributed by atoms with Crippen LogP contribution in [0.5, 0.6) is 0 Å². The summed E-state index contributed by atoms with van der Waals surface area (Å²) in [5.74, 6) is 0.297. The summed E-state index contributed by atoms with van der Waals surface area (Å²) in [7, 11) is 1.77. The number of aryl methyl sites for hydroxylation is 1. The van der Waals surface area contributed by atoms with Crippen LogP contribution in [0, 0.1) is 6.92 Å². The van der Waals surface area contributed by atoms with E-state index < -0.39 is 0 Å². The molecule has 2 heterocycles. The van der Waals surface area contributed by atoms with E-state index in [0.717, 1.165) is 10.7 Å². The van der Waals surface area contributed by atoms with Crippen molar-refractivity contribution in [1.29, 1.82) is 0 Å². The van der Waals surface area contributed by atoms with E-state index in [9.17, 15) is 4.79 Å². The van der Waals surface area contributed by atoms with Crippen LogP contribution in [0.25, 0.3) is 11.4 Å². The van der Waals surface area contributed by atoms with Crippen molar-refractivity contribution in [2.24, 2.45) is 0 Å². The van der Waals surface area contributed by atoms with E-state index in [2.05, 4.69) is 25.6 Å². The molecule has 0 radical (unpaired) electrons. The lowest BCUT2D eigenvalue weighted by molar-refractivity contribution is 0.0743. The molecule has 0 bridgehead atoms. The maximum absolute atomic E-state index is 12.9. The number of hydrogen-bond acceptors (Lipinski definition) is 6. The Bertz CT molecular complexity index is 813. The number of aromatic nitrogens is 5. The third-order valence-electron chi connectivity index (χ3n) is 3.64. The van der Waals surface area contributed by atoms with E-state index in [4.69, 9.17) is 0 Å². The Balaban J connectivity index is 1.91. The van der Waals surface area contributed by atoms with Crippen LogP contribution in [-0.4, -0.2) is 43.5 Å². The second kappa shape index (κ2) is 6.25. The number of carbonyl (C=O) groups excluding carboxylic acids is 1. The van der Waals surface area contributed by atoms with Crippen molar-refractivity contribution in [3.63, 3.8) is 0 Å². The van der Waals surface area contributed by atoms with E-state index in [0.29, 0.717) is 17.0 Å². The fourth-order valence-corrected chi connectivity index (χ4v) is 3.13. The number of carbonyl (C=O) groups is 1. The molecule has 0 aliphatic heterocycles. The van der Waals surface area contributed by atoms with Gasteiger partial charge in [-0.15, -0.1) is 21.5 Å². The normalized spacial score (nSPS) is 12.1. The molecular weight excluding hydrogens is 312 g/mol. The third-order valence-corrected chi connectivity index (χ3v) is 4.77. The fourth-order valence-electron chi connectivity index (χ4n) is 2.24. The van der Waals surface area contributed by atoms with Gasteiger partial charge in [0.25, 0.3) is 5.91 Å². The molecule has 0 spiro atoms. The van der Waals surface area contributed by atoms with Crippen LogP contribution in [0.1, 0.15) is 34.0 Å². The zero-order chi connectivity index (χ0) is 16.4. The van der Waals surface area contributed by atoms with Gasteiger partial charge in [0, 0.05) is 23.7 Å². The Hall–Kier alpha value is -2.61. The quantitative estimate of drug-likeness (QED) is 0.795. The number of nitrogens with one attached hydrogen (secondary N) is 1. The first-order chi connectivity index (χ1) is 11.1. The molecule has 23 heavy (non-hydrogen) atoms. The van der Waals surface area contributed by atoms with Crippen molar-refractivity contribution < 1.29 is 4.79 Å². The highest BCUT2D eigenvalue weighted by atomic mass is 32.1. The fraction of sp³-hybridized carbons (Fsp3) is 0.267. The second-order valence-electron chi connectivity index (χ2n) is 5.20. The molecule has 0 aliphatic carbocycles. The van der Waals surface area contributed by atoms with Crippen LogP contribution < -0.4 is 0 Å². The lowest BCUT2D eigenvalue weighted by atomic mass is 10.1. The Morgan fingerprint density at radius 1 is 1.35 bits per heavy atom. The maximum atomic E-state index is 12.9. The van der Waals surface area contributed by atoms with Gasteiger partial charge in [-0.25, -0.2) is 4.98 Å². The molecule has 7 nitrogen and oxygen atoms in total. The number of hydrogen-bond donors (Lipinski definition) is 1. The van der Waals surface area contributed by atoms with Gasteiger partial charge in [0.15, 0.2) is 0 Å². The molecular formula is C15H16N6OS. The molecule has 0 aliphatic rings. The summed E-state index contributed by atoms with van der Waals surface area (Å²) in [4.78, 5) is 19.0. The van der Waals surface area contributed by atoms with E-state index in [-0.39, 0.29) is 11.9 Å². The summed E-state index contributed by atoms with van der Waals surface area (Å²) in [6, 6.07) is 7.13. The highest BCUT2D eigenvalue weighted by Gasteiger charge is 2.24. The molecule has 0 saturated carbocycles. The molecule has 1 N–H and O–H groups in total. The van der Waals surface area contributed by atoms with Crippen molar-refractivity contribution in [3.8, 4) is 11.4 Å². The first-order valence-electron chi connectivity index (χ1n) is 7.10. The van der Waals surface area contributed by atoms with Gasteiger partial charge < -0.3 is 4.90 Å². The van der Waals surface area contributed by atoms with Crippen molar-refractivity contribution in [1.82, 2.24) is 30.5 Å². The van der Waals surface area contributed by atoms with Gasteiger partial charge in [-0.2, -0.15) is 5.21 Å². The largest absolute Gasteiger partial charge is 0.332 e. The van der Waals surface area contributed by atoms with E-state index in [1.807, 2.05) is 37.4 Å². The zero-order valence-electron chi connectivity index (χ0n) is 13.0. The highest BCUT2D eigenvalue weighted by Crippen LogP contribution is 2.26. The van der Waals surface area contributed by atoms with Crippen molar-refractivity contribution in [2.75, 3.05) is 7.05 Å². The number of tetrazole rings is 1. The van der Waals surface area contributed by atoms with Crippen LogP contribution >= 0.6 is 11.3 Å². The lowest BCUT2D eigenvalue weighted by Crippen LogP contribution is -2.30. The van der Waals surface area contributed by atoms with Crippen LogP contribution in [0.4, 0.5) is 0 Å². The van der Waals surface area contributed by atoms with E-state index >= 15 is 0 Å². The van der Waals surface area contributed by atoms with Crippen molar-refractivity contribution in [3.05, 3.63) is 45.9 Å². The first-order valence-corrected chi connectivity index (χ1v) is 7.98. The second-order valence-corrected chi connectivity index (χ2v) is 6.09. The molecule has 0 fully saturated rings. The number of amides is 1. The summed E-state index contributed by atoms with van der Waals surface area (Å²) in [6.45, 7) is 3.91. The smallest absolute Gasteiger partial charge is 0.254 e. The zero-order valence-corrected chi connectivity index (χ0v) is 13.8. The standard InChI is InChI=1S/C15H16N6OS/c1-9-8-23-14(16-9)10(2)21(3)15(22)12-7-5-4-6-11(12)13-17-19-20-18-13/h4-8,10H,1-3H3,(H,17,18,19,20)/t10-/m1/s1. The van der Waals surface area contributed by atoms with Crippen LogP contribution in [0.15, 0.2) is 29.6 Å². The monoisotopic (exact) mass is 328 g/mol. The van der Waals surface area contributed by atoms with Gasteiger partial charge in [0.2, 0.25) is 5.82 Å². The van der Waals surface area contributed by atoms with Gasteiger partial charge >= 0.3 is 0 Å². The van der Waals surface area contributed by atoms with Gasteiger partial charge in [-0.3, -0.25) is 4.79 Å².